The molecule has 0 unspecified atom stereocenters. The molecule has 2 rings (SSSR count). The van der Waals surface area contributed by atoms with Gasteiger partial charge in [-0.25, -0.2) is 0 Å². The van der Waals surface area contributed by atoms with Gasteiger partial charge in [0.1, 0.15) is 12.4 Å². The van der Waals surface area contributed by atoms with Crippen molar-refractivity contribution in [3.63, 3.8) is 0 Å². The van der Waals surface area contributed by atoms with Crippen LogP contribution in [0.25, 0.3) is 10.9 Å². The van der Waals surface area contributed by atoms with Crippen molar-refractivity contribution < 1.29 is 9.47 Å². The number of H-pyrrole nitrogens is 1. The second kappa shape index (κ2) is 5.03. The quantitative estimate of drug-likeness (QED) is 0.783. The summed E-state index contributed by atoms with van der Waals surface area (Å²) in [6.07, 6.45) is 2.04. The van der Waals surface area contributed by atoms with Crippen molar-refractivity contribution in [2.24, 2.45) is 0 Å². The van der Waals surface area contributed by atoms with Gasteiger partial charge >= 0.3 is 0 Å². The zero-order valence-corrected chi connectivity index (χ0v) is 9.62. The Morgan fingerprint density at radius 1 is 1.31 bits per heavy atom. The molecule has 0 saturated carbocycles. The fraction of sp³-hybridized carbons (Fsp3) is 0.385. The van der Waals surface area contributed by atoms with Gasteiger partial charge in [0, 0.05) is 17.6 Å². The molecular weight excluding hydrogens is 202 g/mol. The van der Waals surface area contributed by atoms with Gasteiger partial charge in [-0.1, -0.05) is 12.1 Å². The molecule has 0 bridgehead atoms. The third kappa shape index (κ3) is 2.55. The maximum atomic E-state index is 5.65. The fourth-order valence-corrected chi connectivity index (χ4v) is 1.54. The molecule has 0 aliphatic carbocycles. The molecule has 0 aliphatic rings. The van der Waals surface area contributed by atoms with Crippen LogP contribution in [0.5, 0.6) is 5.75 Å². The first-order valence-corrected chi connectivity index (χ1v) is 5.49. The number of hydrogen-bond acceptors (Lipinski definition) is 2. The van der Waals surface area contributed by atoms with Crippen molar-refractivity contribution in [3.8, 4) is 5.75 Å². The van der Waals surface area contributed by atoms with Crippen molar-refractivity contribution >= 4 is 10.9 Å². The van der Waals surface area contributed by atoms with Gasteiger partial charge in [0.25, 0.3) is 0 Å². The molecule has 16 heavy (non-hydrogen) atoms. The summed E-state index contributed by atoms with van der Waals surface area (Å²) in [4.78, 5) is 3.12. The van der Waals surface area contributed by atoms with E-state index >= 15 is 0 Å². The van der Waals surface area contributed by atoms with E-state index < -0.39 is 0 Å². The van der Waals surface area contributed by atoms with Crippen LogP contribution in [-0.2, 0) is 4.74 Å². The van der Waals surface area contributed by atoms with Crippen molar-refractivity contribution in [1.29, 1.82) is 0 Å². The van der Waals surface area contributed by atoms with Crippen LogP contribution in [0.15, 0.2) is 24.4 Å². The number of benzene rings is 1. The number of nitrogens with one attached hydrogen (secondary N) is 1. The van der Waals surface area contributed by atoms with Gasteiger partial charge < -0.3 is 14.5 Å². The number of fused-ring (bicyclic) bond motifs is 1. The zero-order valence-electron chi connectivity index (χ0n) is 9.62. The smallest absolute Gasteiger partial charge is 0.143 e. The molecule has 1 N–H and O–H groups in total. The summed E-state index contributed by atoms with van der Waals surface area (Å²) in [6.45, 7) is 5.20. The Morgan fingerprint density at radius 3 is 3.00 bits per heavy atom. The van der Waals surface area contributed by atoms with Gasteiger partial charge in [0.2, 0.25) is 0 Å². The molecule has 0 amide bonds. The predicted molar refractivity (Wildman–Crippen MR) is 63.7 cm³/mol. The lowest BCUT2D eigenvalue weighted by atomic mass is 10.2. The van der Waals surface area contributed by atoms with Crippen LogP contribution in [0.4, 0.5) is 0 Å². The molecule has 1 aromatic heterocycles. The molecule has 0 atom stereocenters. The van der Waals surface area contributed by atoms with Gasteiger partial charge in [-0.3, -0.25) is 0 Å². The van der Waals surface area contributed by atoms with Crippen LogP contribution in [0.3, 0.4) is 0 Å². The van der Waals surface area contributed by atoms with Gasteiger partial charge in [0.05, 0.1) is 18.2 Å². The molecule has 0 aliphatic heterocycles. The first-order valence-electron chi connectivity index (χ1n) is 5.49. The van der Waals surface area contributed by atoms with Crippen LogP contribution >= 0.6 is 0 Å². The number of ether oxygens (including phenoxy) is 2. The van der Waals surface area contributed by atoms with E-state index in [-0.39, 0.29) is 6.10 Å². The Hall–Kier alpha value is -1.48. The van der Waals surface area contributed by atoms with Crippen LogP contribution in [0.1, 0.15) is 13.8 Å². The lowest BCUT2D eigenvalue weighted by molar-refractivity contribution is 0.0556. The first-order chi connectivity index (χ1) is 7.77. The summed E-state index contributed by atoms with van der Waals surface area (Å²) in [5.74, 6) is 0.853. The molecule has 3 nitrogen and oxygen atoms in total. The Balaban J connectivity index is 1.96. The maximum absolute atomic E-state index is 5.65. The summed E-state index contributed by atoms with van der Waals surface area (Å²) in [5.41, 5.74) is 0.993. The summed E-state index contributed by atoms with van der Waals surface area (Å²) >= 11 is 0. The maximum Gasteiger partial charge on any atom is 0.143 e. The molecule has 0 saturated heterocycles. The van der Waals surface area contributed by atoms with Crippen molar-refractivity contribution in [1.82, 2.24) is 4.98 Å². The molecule has 1 aromatic carbocycles. The number of para-hydroxylation sites is 1. The van der Waals surface area contributed by atoms with E-state index in [0.29, 0.717) is 13.2 Å². The third-order valence-electron chi connectivity index (χ3n) is 2.26. The Kier molecular flexibility index (Phi) is 3.47. The van der Waals surface area contributed by atoms with Crippen molar-refractivity contribution in [2.45, 2.75) is 20.0 Å². The normalized spacial score (nSPS) is 11.2. The van der Waals surface area contributed by atoms with E-state index in [1.807, 2.05) is 32.0 Å². The third-order valence-corrected chi connectivity index (χ3v) is 2.26. The molecular formula is C13H16NO2. The zero-order chi connectivity index (χ0) is 11.4. The van der Waals surface area contributed by atoms with E-state index in [4.69, 9.17) is 9.47 Å². The molecule has 1 radical (unpaired) electrons. The number of aromatic nitrogens is 1. The summed E-state index contributed by atoms with van der Waals surface area (Å²) in [6, 6.07) is 9.02. The number of aromatic amines is 1. The molecule has 1 heterocycles. The first kappa shape index (κ1) is 11.0. The van der Waals surface area contributed by atoms with Gasteiger partial charge in [-0.2, -0.15) is 0 Å². The van der Waals surface area contributed by atoms with Crippen LogP contribution in [0, 0.1) is 6.07 Å². The van der Waals surface area contributed by atoms with Crippen LogP contribution in [0.2, 0.25) is 0 Å². The van der Waals surface area contributed by atoms with Gasteiger partial charge in [0.15, 0.2) is 0 Å². The van der Waals surface area contributed by atoms with E-state index in [2.05, 4.69) is 11.1 Å². The number of rotatable bonds is 5. The minimum Gasteiger partial charge on any atom is -0.489 e. The molecule has 3 heteroatoms. The molecule has 2 aromatic rings. The summed E-state index contributed by atoms with van der Waals surface area (Å²) in [7, 11) is 0. The van der Waals surface area contributed by atoms with Crippen molar-refractivity contribution in [3.05, 3.63) is 30.5 Å². The van der Waals surface area contributed by atoms with Crippen molar-refractivity contribution in [2.75, 3.05) is 13.2 Å². The predicted octanol–water partition coefficient (Wildman–Crippen LogP) is 2.77. The Labute approximate surface area is 95.4 Å². The van der Waals surface area contributed by atoms with Crippen LogP contribution < -0.4 is 4.74 Å². The highest BCUT2D eigenvalue weighted by Gasteiger charge is 2.02. The monoisotopic (exact) mass is 218 g/mol. The van der Waals surface area contributed by atoms with Crippen LogP contribution in [-0.4, -0.2) is 24.3 Å². The van der Waals surface area contributed by atoms with E-state index in [0.717, 1.165) is 16.7 Å². The molecule has 0 spiro atoms. The SMILES string of the molecule is CC(C)OCCOc1cccc2[c]c[nH]c12. The standard InChI is InChI=1S/C13H16NO2/c1-10(2)15-8-9-16-12-5-3-4-11-6-7-14-13(11)12/h3-5,7,10,14H,8-9H2,1-2H3. The Morgan fingerprint density at radius 2 is 2.19 bits per heavy atom. The highest BCUT2D eigenvalue weighted by Crippen LogP contribution is 2.23. The van der Waals surface area contributed by atoms with E-state index in [1.165, 1.54) is 0 Å². The Bertz CT molecular complexity index is 448. The minimum atomic E-state index is 0.248. The second-order valence-corrected chi connectivity index (χ2v) is 3.88. The highest BCUT2D eigenvalue weighted by molar-refractivity contribution is 5.84. The average Bonchev–Trinajstić information content (AvgIpc) is 2.72. The molecule has 0 fully saturated rings. The molecule has 85 valence electrons. The minimum absolute atomic E-state index is 0.248. The largest absolute Gasteiger partial charge is 0.489 e. The highest BCUT2D eigenvalue weighted by atomic mass is 16.5. The summed E-state index contributed by atoms with van der Waals surface area (Å²) < 4.78 is 11.1. The second-order valence-electron chi connectivity index (χ2n) is 3.88. The van der Waals surface area contributed by atoms with Gasteiger partial charge in [-0.05, 0) is 19.9 Å². The van der Waals surface area contributed by atoms with E-state index in [1.54, 1.807) is 6.20 Å². The number of hydrogen-bond donors (Lipinski definition) is 1. The lowest BCUT2D eigenvalue weighted by Crippen LogP contribution is -2.11. The summed E-state index contributed by atoms with van der Waals surface area (Å²) in [5, 5.41) is 1.04. The fourth-order valence-electron chi connectivity index (χ4n) is 1.54. The van der Waals surface area contributed by atoms with Gasteiger partial charge in [-0.15, -0.1) is 0 Å². The lowest BCUT2D eigenvalue weighted by Gasteiger charge is -2.09. The van der Waals surface area contributed by atoms with E-state index in [9.17, 15) is 0 Å². The topological polar surface area (TPSA) is 34.2 Å². The average molecular weight is 218 g/mol.